The van der Waals surface area contributed by atoms with Gasteiger partial charge in [0.15, 0.2) is 6.29 Å². The van der Waals surface area contributed by atoms with Crippen LogP contribution in [0.4, 0.5) is 0 Å². The molecule has 4 nitrogen and oxygen atoms in total. The van der Waals surface area contributed by atoms with E-state index >= 15 is 0 Å². The third-order valence-electron chi connectivity index (χ3n) is 1.24. The van der Waals surface area contributed by atoms with Crippen LogP contribution >= 0.6 is 0 Å². The summed E-state index contributed by atoms with van der Waals surface area (Å²) >= 11 is 0. The van der Waals surface area contributed by atoms with Crippen molar-refractivity contribution >= 4 is 0 Å². The Balaban J connectivity index is 3.53. The summed E-state index contributed by atoms with van der Waals surface area (Å²) in [5, 5.41) is 28.2. The Kier molecular flexibility index (Phi) is 5.83. The largest absolute Gasteiger partial charge is 0.396 e. The average Bonchev–Trinajstić information content (AvgIpc) is 1.97. The molecule has 0 radical (unpaired) electrons. The van der Waals surface area contributed by atoms with Crippen LogP contribution in [0.3, 0.4) is 0 Å². The van der Waals surface area contributed by atoms with Crippen molar-refractivity contribution in [2.24, 2.45) is 0 Å². The van der Waals surface area contributed by atoms with Gasteiger partial charge in [-0.15, -0.1) is 0 Å². The van der Waals surface area contributed by atoms with Crippen LogP contribution < -0.4 is 5.32 Å². The topological polar surface area (TPSA) is 72.7 Å². The first-order chi connectivity index (χ1) is 5.20. The standard InChI is InChI=1S/C7H15NO3/c1-2-6(3-4-9)8-5-7(10)11/h2,7-11H,3-5H2,1H3. The summed E-state index contributed by atoms with van der Waals surface area (Å²) in [5.74, 6) is 0. The first kappa shape index (κ1) is 10.4. The number of nitrogens with one attached hydrogen (secondary N) is 1. The number of allylic oxidation sites excluding steroid dienone is 1. The Bertz CT molecular complexity index is 123. The minimum Gasteiger partial charge on any atom is -0.396 e. The van der Waals surface area contributed by atoms with Gasteiger partial charge in [0.1, 0.15) is 0 Å². The van der Waals surface area contributed by atoms with Crippen molar-refractivity contribution in [3.05, 3.63) is 11.8 Å². The number of hydrogen-bond acceptors (Lipinski definition) is 4. The summed E-state index contributed by atoms with van der Waals surface area (Å²) < 4.78 is 0. The lowest BCUT2D eigenvalue weighted by molar-refractivity contribution is -0.0358. The van der Waals surface area contributed by atoms with Gasteiger partial charge in [0.05, 0.1) is 6.54 Å². The Labute approximate surface area is 66.2 Å². The second kappa shape index (κ2) is 6.15. The lowest BCUT2D eigenvalue weighted by Crippen LogP contribution is -2.26. The zero-order chi connectivity index (χ0) is 8.69. The van der Waals surface area contributed by atoms with Gasteiger partial charge < -0.3 is 20.6 Å². The molecule has 11 heavy (non-hydrogen) atoms. The van der Waals surface area contributed by atoms with Crippen LogP contribution in [-0.2, 0) is 0 Å². The number of aliphatic hydroxyl groups excluding tert-OH is 2. The lowest BCUT2D eigenvalue weighted by Gasteiger charge is -2.09. The molecular formula is C7H15NO3. The van der Waals surface area contributed by atoms with Crippen LogP contribution in [-0.4, -0.2) is 34.8 Å². The smallest absolute Gasteiger partial charge is 0.169 e. The zero-order valence-corrected chi connectivity index (χ0v) is 6.62. The minimum absolute atomic E-state index is 0.0637. The van der Waals surface area contributed by atoms with E-state index in [2.05, 4.69) is 5.32 Å². The van der Waals surface area contributed by atoms with Crippen LogP contribution in [0.15, 0.2) is 11.8 Å². The third-order valence-corrected chi connectivity index (χ3v) is 1.24. The predicted octanol–water partition coefficient (Wildman–Crippen LogP) is -0.827. The van der Waals surface area contributed by atoms with E-state index in [4.69, 9.17) is 15.3 Å². The maximum atomic E-state index is 8.53. The Morgan fingerprint density at radius 3 is 2.55 bits per heavy atom. The molecule has 0 aliphatic carbocycles. The number of rotatable bonds is 5. The first-order valence-corrected chi connectivity index (χ1v) is 3.56. The minimum atomic E-state index is -1.34. The second-order valence-electron chi connectivity index (χ2n) is 2.15. The van der Waals surface area contributed by atoms with E-state index in [0.717, 1.165) is 5.70 Å². The van der Waals surface area contributed by atoms with E-state index in [1.807, 2.05) is 6.92 Å². The number of hydrogen-bond donors (Lipinski definition) is 4. The third kappa shape index (κ3) is 5.84. The average molecular weight is 161 g/mol. The van der Waals surface area contributed by atoms with Crippen LogP contribution in [0.25, 0.3) is 0 Å². The van der Waals surface area contributed by atoms with Gasteiger partial charge in [-0.1, -0.05) is 6.08 Å². The summed E-state index contributed by atoms with van der Waals surface area (Å²) in [6.45, 7) is 1.98. The highest BCUT2D eigenvalue weighted by atomic mass is 16.5. The van der Waals surface area contributed by atoms with Gasteiger partial charge in [-0.3, -0.25) is 0 Å². The Morgan fingerprint density at radius 1 is 1.55 bits per heavy atom. The summed E-state index contributed by atoms with van der Waals surface area (Å²) in [6, 6.07) is 0. The molecule has 0 aliphatic rings. The molecule has 0 aromatic heterocycles. The van der Waals surface area contributed by atoms with Crippen molar-refractivity contribution in [1.29, 1.82) is 0 Å². The van der Waals surface area contributed by atoms with Crippen molar-refractivity contribution in [2.45, 2.75) is 19.6 Å². The highest BCUT2D eigenvalue weighted by Gasteiger charge is 1.97. The van der Waals surface area contributed by atoms with Crippen LogP contribution in [0.1, 0.15) is 13.3 Å². The lowest BCUT2D eigenvalue weighted by atomic mass is 10.3. The van der Waals surface area contributed by atoms with Gasteiger partial charge in [0.2, 0.25) is 0 Å². The van der Waals surface area contributed by atoms with Gasteiger partial charge >= 0.3 is 0 Å². The van der Waals surface area contributed by atoms with Gasteiger partial charge in [-0.25, -0.2) is 0 Å². The van der Waals surface area contributed by atoms with Crippen molar-refractivity contribution in [3.8, 4) is 0 Å². The maximum Gasteiger partial charge on any atom is 0.169 e. The molecule has 0 fully saturated rings. The van der Waals surface area contributed by atoms with Crippen LogP contribution in [0.2, 0.25) is 0 Å². The fraction of sp³-hybridized carbons (Fsp3) is 0.714. The molecule has 0 aromatic carbocycles. The molecule has 4 heteroatoms. The molecular weight excluding hydrogens is 146 g/mol. The quantitative estimate of drug-likeness (QED) is 0.397. The molecule has 0 heterocycles. The summed E-state index contributed by atoms with van der Waals surface area (Å²) in [4.78, 5) is 0. The van der Waals surface area contributed by atoms with E-state index < -0.39 is 6.29 Å². The van der Waals surface area contributed by atoms with Gasteiger partial charge in [-0.05, 0) is 6.92 Å². The molecule has 0 saturated carbocycles. The van der Waals surface area contributed by atoms with Gasteiger partial charge in [-0.2, -0.15) is 0 Å². The highest BCUT2D eigenvalue weighted by molar-refractivity contribution is 4.97. The highest BCUT2D eigenvalue weighted by Crippen LogP contribution is 1.94. The van der Waals surface area contributed by atoms with Crippen molar-refractivity contribution in [2.75, 3.05) is 13.2 Å². The van der Waals surface area contributed by atoms with Gasteiger partial charge in [0.25, 0.3) is 0 Å². The van der Waals surface area contributed by atoms with Crippen molar-refractivity contribution in [3.63, 3.8) is 0 Å². The molecule has 0 aliphatic heterocycles. The SMILES string of the molecule is CC=C(CCO)NCC(O)O. The summed E-state index contributed by atoms with van der Waals surface area (Å²) in [5.41, 5.74) is 0.820. The first-order valence-electron chi connectivity index (χ1n) is 3.56. The molecule has 0 spiro atoms. The van der Waals surface area contributed by atoms with E-state index in [9.17, 15) is 0 Å². The fourth-order valence-electron chi connectivity index (χ4n) is 0.678. The normalized spacial score (nSPS) is 12.3. The number of aliphatic hydroxyl groups is 3. The second-order valence-corrected chi connectivity index (χ2v) is 2.15. The fourth-order valence-corrected chi connectivity index (χ4v) is 0.678. The van der Waals surface area contributed by atoms with Gasteiger partial charge in [0, 0.05) is 18.7 Å². The van der Waals surface area contributed by atoms with Crippen molar-refractivity contribution < 1.29 is 15.3 Å². The molecule has 4 N–H and O–H groups in total. The monoisotopic (exact) mass is 161 g/mol. The van der Waals surface area contributed by atoms with E-state index in [1.54, 1.807) is 6.08 Å². The summed E-state index contributed by atoms with van der Waals surface area (Å²) in [6.07, 6.45) is 0.964. The molecule has 0 aromatic rings. The van der Waals surface area contributed by atoms with Crippen LogP contribution in [0.5, 0.6) is 0 Å². The van der Waals surface area contributed by atoms with Crippen molar-refractivity contribution in [1.82, 2.24) is 5.32 Å². The zero-order valence-electron chi connectivity index (χ0n) is 6.62. The molecule has 0 unspecified atom stereocenters. The Morgan fingerprint density at radius 2 is 2.18 bits per heavy atom. The molecule has 0 saturated heterocycles. The maximum absolute atomic E-state index is 8.53. The predicted molar refractivity (Wildman–Crippen MR) is 41.7 cm³/mol. The molecule has 0 amide bonds. The van der Waals surface area contributed by atoms with E-state index in [0.29, 0.717) is 6.42 Å². The van der Waals surface area contributed by atoms with E-state index in [1.165, 1.54) is 0 Å². The molecule has 0 rings (SSSR count). The molecule has 66 valence electrons. The van der Waals surface area contributed by atoms with Crippen LogP contribution in [0, 0.1) is 0 Å². The van der Waals surface area contributed by atoms with E-state index in [-0.39, 0.29) is 13.2 Å². The molecule has 0 bridgehead atoms. The summed E-state index contributed by atoms with van der Waals surface area (Å²) in [7, 11) is 0. The Hall–Kier alpha value is -0.580. The molecule has 0 atom stereocenters.